The molecule has 0 saturated heterocycles. The van der Waals surface area contributed by atoms with Gasteiger partial charge in [-0.15, -0.1) is 22.7 Å². The number of benzene rings is 1. The number of nitrogen functional groups attached to an aromatic ring is 1. The van der Waals surface area contributed by atoms with Gasteiger partial charge in [0.05, 0.1) is 18.4 Å². The number of carbonyl (C=O) groups excluding carboxylic acids is 2. The Kier molecular flexibility index (Phi) is 5.22. The third-order valence-corrected chi connectivity index (χ3v) is 8.69. The zero-order valence-electron chi connectivity index (χ0n) is 18.8. The van der Waals surface area contributed by atoms with Gasteiger partial charge in [0, 0.05) is 16.0 Å². The van der Waals surface area contributed by atoms with E-state index in [9.17, 15) is 9.59 Å². The number of thiophene rings is 2. The Morgan fingerprint density at radius 2 is 1.85 bits per heavy atom. The summed E-state index contributed by atoms with van der Waals surface area (Å²) in [5, 5.41) is 4.27. The molecule has 33 heavy (non-hydrogen) atoms. The van der Waals surface area contributed by atoms with Crippen LogP contribution in [0.2, 0.25) is 0 Å². The molecule has 4 aromatic rings. The van der Waals surface area contributed by atoms with Crippen LogP contribution in [0.25, 0.3) is 20.7 Å². The van der Waals surface area contributed by atoms with Crippen molar-refractivity contribution in [2.24, 2.45) is 0 Å². The molecule has 0 unspecified atom stereocenters. The van der Waals surface area contributed by atoms with Crippen molar-refractivity contribution in [2.75, 3.05) is 18.2 Å². The topological polar surface area (TPSA) is 94.3 Å². The number of amides is 1. The van der Waals surface area contributed by atoms with E-state index in [0.29, 0.717) is 21.1 Å². The number of hydrogen-bond acceptors (Lipinski definition) is 7. The number of methoxy groups -OCH3 is 1. The number of pyridine rings is 1. The van der Waals surface area contributed by atoms with Crippen LogP contribution < -0.4 is 11.1 Å². The molecule has 5 rings (SSSR count). The maximum atomic E-state index is 13.4. The molecular formula is C25H23N3O3S2. The number of ether oxygens (including phenoxy) is 1. The number of nitrogens with one attached hydrogen (secondary N) is 1. The van der Waals surface area contributed by atoms with Gasteiger partial charge in [-0.3, -0.25) is 4.79 Å². The van der Waals surface area contributed by atoms with E-state index in [1.807, 2.05) is 32.9 Å². The first-order valence-electron chi connectivity index (χ1n) is 10.6. The maximum Gasteiger partial charge on any atom is 0.341 e. The molecule has 3 N–H and O–H groups in total. The number of anilines is 2. The van der Waals surface area contributed by atoms with Crippen molar-refractivity contribution in [1.29, 1.82) is 0 Å². The fraction of sp³-hybridized carbons (Fsp3) is 0.240. The van der Waals surface area contributed by atoms with Gasteiger partial charge in [0.25, 0.3) is 5.91 Å². The molecule has 168 valence electrons. The SMILES string of the molecule is COC(=O)c1c(NC(=O)c2sc3nc(C)c(C)c(C)c3c2N)sc2c1CCc1ccccc1-2. The highest BCUT2D eigenvalue weighted by molar-refractivity contribution is 7.22. The van der Waals surface area contributed by atoms with Crippen molar-refractivity contribution in [3.05, 3.63) is 62.7 Å². The maximum absolute atomic E-state index is 13.4. The highest BCUT2D eigenvalue weighted by Gasteiger charge is 2.30. The second kappa shape index (κ2) is 7.97. The summed E-state index contributed by atoms with van der Waals surface area (Å²) < 4.78 is 5.07. The monoisotopic (exact) mass is 477 g/mol. The zero-order chi connectivity index (χ0) is 23.4. The standard InChI is InChI=1S/C25H23N3O3S2/c1-11-12(2)17-19(26)21(33-23(17)27-13(11)3)22(29)28-24-18(25(30)31-4)16-10-9-14-7-5-6-8-15(14)20(16)32-24/h5-8H,9-10,26H2,1-4H3,(H,28,29). The average Bonchev–Trinajstić information content (AvgIpc) is 3.34. The summed E-state index contributed by atoms with van der Waals surface area (Å²) in [5.41, 5.74) is 13.6. The van der Waals surface area contributed by atoms with Gasteiger partial charge in [-0.25, -0.2) is 9.78 Å². The minimum atomic E-state index is -0.449. The predicted octanol–water partition coefficient (Wildman–Crippen LogP) is 5.67. The molecule has 0 bridgehead atoms. The number of rotatable bonds is 3. The molecule has 3 heterocycles. The highest BCUT2D eigenvalue weighted by atomic mass is 32.1. The third-order valence-electron chi connectivity index (χ3n) is 6.41. The van der Waals surface area contributed by atoms with Gasteiger partial charge in [0.1, 0.15) is 14.7 Å². The van der Waals surface area contributed by atoms with Crippen molar-refractivity contribution >= 4 is 55.5 Å². The summed E-state index contributed by atoms with van der Waals surface area (Å²) in [6, 6.07) is 8.16. The van der Waals surface area contributed by atoms with Crippen LogP contribution >= 0.6 is 22.7 Å². The van der Waals surface area contributed by atoms with E-state index in [0.717, 1.165) is 55.9 Å². The highest BCUT2D eigenvalue weighted by Crippen LogP contribution is 2.46. The van der Waals surface area contributed by atoms with Crippen LogP contribution in [0.1, 0.15) is 48.0 Å². The molecule has 3 aromatic heterocycles. The smallest absolute Gasteiger partial charge is 0.341 e. The predicted molar refractivity (Wildman–Crippen MR) is 135 cm³/mol. The van der Waals surface area contributed by atoms with Gasteiger partial charge in [0.2, 0.25) is 0 Å². The van der Waals surface area contributed by atoms with Gasteiger partial charge in [0.15, 0.2) is 0 Å². The molecule has 0 saturated carbocycles. The molecule has 0 fully saturated rings. The van der Waals surface area contributed by atoms with E-state index in [1.54, 1.807) is 0 Å². The summed E-state index contributed by atoms with van der Waals surface area (Å²) in [6.45, 7) is 5.95. The molecule has 1 amide bonds. The fourth-order valence-electron chi connectivity index (χ4n) is 4.44. The number of carbonyl (C=O) groups is 2. The molecule has 1 aliphatic rings. The van der Waals surface area contributed by atoms with Gasteiger partial charge < -0.3 is 15.8 Å². The number of aryl methyl sites for hydroxylation is 3. The number of hydrogen-bond donors (Lipinski definition) is 2. The molecule has 6 nitrogen and oxygen atoms in total. The van der Waals surface area contributed by atoms with E-state index in [2.05, 4.69) is 22.4 Å². The fourth-order valence-corrected chi connectivity index (χ4v) is 6.83. The largest absolute Gasteiger partial charge is 0.465 e. The average molecular weight is 478 g/mol. The summed E-state index contributed by atoms with van der Waals surface area (Å²) in [7, 11) is 1.36. The van der Waals surface area contributed by atoms with Crippen LogP contribution in [0.3, 0.4) is 0 Å². The lowest BCUT2D eigenvalue weighted by Crippen LogP contribution is -2.15. The van der Waals surface area contributed by atoms with Crippen molar-refractivity contribution in [3.63, 3.8) is 0 Å². The van der Waals surface area contributed by atoms with E-state index in [-0.39, 0.29) is 5.91 Å². The summed E-state index contributed by atoms with van der Waals surface area (Å²) in [4.78, 5) is 32.8. The number of nitrogens with zero attached hydrogens (tertiary/aromatic N) is 1. The molecule has 1 aliphatic carbocycles. The van der Waals surface area contributed by atoms with Crippen molar-refractivity contribution in [2.45, 2.75) is 33.6 Å². The minimum Gasteiger partial charge on any atom is -0.465 e. The Labute approximate surface area is 199 Å². The van der Waals surface area contributed by atoms with Crippen LogP contribution in [0.4, 0.5) is 10.7 Å². The second-order valence-electron chi connectivity index (χ2n) is 8.19. The quantitative estimate of drug-likeness (QED) is 0.371. The Hall–Kier alpha value is -3.23. The van der Waals surface area contributed by atoms with Crippen molar-refractivity contribution in [1.82, 2.24) is 4.98 Å². The molecule has 0 aliphatic heterocycles. The molecule has 0 spiro atoms. The number of nitrogens with two attached hydrogens (primary N) is 1. The number of aromatic nitrogens is 1. The second-order valence-corrected chi connectivity index (χ2v) is 10.2. The summed E-state index contributed by atoms with van der Waals surface area (Å²) >= 11 is 2.68. The Morgan fingerprint density at radius 3 is 2.61 bits per heavy atom. The number of esters is 1. The lowest BCUT2D eigenvalue weighted by atomic mass is 9.89. The van der Waals surface area contributed by atoms with Crippen LogP contribution in [0, 0.1) is 20.8 Å². The van der Waals surface area contributed by atoms with Crippen molar-refractivity contribution < 1.29 is 14.3 Å². The van der Waals surface area contributed by atoms with Gasteiger partial charge in [-0.1, -0.05) is 24.3 Å². The molecule has 8 heteroatoms. The summed E-state index contributed by atoms with van der Waals surface area (Å²) in [5.74, 6) is -0.794. The van der Waals surface area contributed by atoms with Crippen LogP contribution in [-0.2, 0) is 17.6 Å². The molecule has 1 aromatic carbocycles. The minimum absolute atomic E-state index is 0.345. The zero-order valence-corrected chi connectivity index (χ0v) is 20.4. The van der Waals surface area contributed by atoms with Crippen LogP contribution in [-0.4, -0.2) is 24.0 Å². The first-order chi connectivity index (χ1) is 15.8. The van der Waals surface area contributed by atoms with E-state index >= 15 is 0 Å². The van der Waals surface area contributed by atoms with E-state index < -0.39 is 5.97 Å². The van der Waals surface area contributed by atoms with Gasteiger partial charge >= 0.3 is 5.97 Å². The summed E-state index contributed by atoms with van der Waals surface area (Å²) in [6.07, 6.45) is 1.56. The Morgan fingerprint density at radius 1 is 1.09 bits per heavy atom. The first kappa shape index (κ1) is 21.6. The molecular weight excluding hydrogens is 454 g/mol. The lowest BCUT2D eigenvalue weighted by Gasteiger charge is -2.16. The van der Waals surface area contributed by atoms with Crippen molar-refractivity contribution in [3.8, 4) is 10.4 Å². The molecule has 0 atom stereocenters. The Bertz CT molecular complexity index is 1470. The normalized spacial score (nSPS) is 12.4. The van der Waals surface area contributed by atoms with Crippen LogP contribution in [0.15, 0.2) is 24.3 Å². The third kappa shape index (κ3) is 3.32. The Balaban J connectivity index is 1.60. The molecule has 0 radical (unpaired) electrons. The van der Waals surface area contributed by atoms with Crippen LogP contribution in [0.5, 0.6) is 0 Å². The van der Waals surface area contributed by atoms with Gasteiger partial charge in [-0.2, -0.15) is 0 Å². The first-order valence-corrected chi connectivity index (χ1v) is 12.2. The van der Waals surface area contributed by atoms with E-state index in [4.69, 9.17) is 10.5 Å². The van der Waals surface area contributed by atoms with E-state index in [1.165, 1.54) is 35.3 Å². The lowest BCUT2D eigenvalue weighted by molar-refractivity contribution is 0.0601. The van der Waals surface area contributed by atoms with Gasteiger partial charge in [-0.05, 0) is 61.4 Å². The number of fused-ring (bicyclic) bond motifs is 4.